The average molecular weight is 287 g/mol. The number of hydrogen-bond donors (Lipinski definition) is 3. The van der Waals surface area contributed by atoms with Crippen molar-refractivity contribution >= 4 is 12.1 Å². The molecule has 1 amide bonds. The summed E-state index contributed by atoms with van der Waals surface area (Å²) in [7, 11) is 0. The van der Waals surface area contributed by atoms with Crippen molar-refractivity contribution in [3.63, 3.8) is 0 Å². The molecule has 4 atom stereocenters. The number of nitrogens with one attached hydrogen (secondary N) is 1. The summed E-state index contributed by atoms with van der Waals surface area (Å²) < 4.78 is 5.34. The lowest BCUT2D eigenvalue weighted by Crippen LogP contribution is -2.42. The number of unbranched alkanes of at least 4 members (excludes halogenated alkanes) is 1. The molecule has 0 aromatic carbocycles. The smallest absolute Gasteiger partial charge is 0.405 e. The van der Waals surface area contributed by atoms with Gasteiger partial charge in [-0.1, -0.05) is 19.8 Å². The minimum atomic E-state index is -1.23. The van der Waals surface area contributed by atoms with Crippen LogP contribution in [0.2, 0.25) is 0 Å². The SMILES string of the molecule is CCCCC1C(C)OC(=O)[C@@H](NC(=O)O)CCC[C@@H]1O. The zero-order valence-corrected chi connectivity index (χ0v) is 12.2. The van der Waals surface area contributed by atoms with Gasteiger partial charge in [0, 0.05) is 5.92 Å². The first-order valence-electron chi connectivity index (χ1n) is 7.33. The number of amides is 1. The summed E-state index contributed by atoms with van der Waals surface area (Å²) in [6.45, 7) is 3.84. The molecular formula is C14H25NO5. The lowest BCUT2D eigenvalue weighted by atomic mass is 9.88. The minimum Gasteiger partial charge on any atom is -0.465 e. The van der Waals surface area contributed by atoms with Crippen LogP contribution in [0.25, 0.3) is 0 Å². The zero-order valence-electron chi connectivity index (χ0n) is 12.2. The minimum absolute atomic E-state index is 0.0810. The van der Waals surface area contributed by atoms with Crippen molar-refractivity contribution in [1.82, 2.24) is 5.32 Å². The topological polar surface area (TPSA) is 95.9 Å². The van der Waals surface area contributed by atoms with Crippen molar-refractivity contribution < 1.29 is 24.5 Å². The van der Waals surface area contributed by atoms with E-state index in [1.54, 1.807) is 6.92 Å². The van der Waals surface area contributed by atoms with Crippen LogP contribution >= 0.6 is 0 Å². The predicted molar refractivity (Wildman–Crippen MR) is 73.4 cm³/mol. The van der Waals surface area contributed by atoms with E-state index in [2.05, 4.69) is 12.2 Å². The van der Waals surface area contributed by atoms with Crippen molar-refractivity contribution in [2.75, 3.05) is 0 Å². The van der Waals surface area contributed by atoms with E-state index >= 15 is 0 Å². The fourth-order valence-corrected chi connectivity index (χ4v) is 2.68. The molecule has 0 aromatic rings. The summed E-state index contributed by atoms with van der Waals surface area (Å²) in [4.78, 5) is 22.6. The lowest BCUT2D eigenvalue weighted by molar-refractivity contribution is -0.155. The van der Waals surface area contributed by atoms with Gasteiger partial charge >= 0.3 is 12.1 Å². The number of carbonyl (C=O) groups excluding carboxylic acids is 1. The highest BCUT2D eigenvalue weighted by atomic mass is 16.5. The van der Waals surface area contributed by atoms with E-state index in [1.807, 2.05) is 0 Å². The van der Waals surface area contributed by atoms with Crippen LogP contribution in [-0.4, -0.2) is 40.5 Å². The van der Waals surface area contributed by atoms with E-state index in [4.69, 9.17) is 9.84 Å². The van der Waals surface area contributed by atoms with Crippen LogP contribution in [0.1, 0.15) is 52.4 Å². The van der Waals surface area contributed by atoms with Crippen LogP contribution in [0.3, 0.4) is 0 Å². The quantitative estimate of drug-likeness (QED) is 0.686. The highest BCUT2D eigenvalue weighted by Gasteiger charge is 2.32. The van der Waals surface area contributed by atoms with Gasteiger partial charge in [0.1, 0.15) is 12.1 Å². The molecule has 6 nitrogen and oxygen atoms in total. The number of hydrogen-bond acceptors (Lipinski definition) is 4. The summed E-state index contributed by atoms with van der Waals surface area (Å²) >= 11 is 0. The largest absolute Gasteiger partial charge is 0.465 e. The molecule has 1 aliphatic rings. The number of cyclic esters (lactones) is 1. The third-order valence-corrected chi connectivity index (χ3v) is 3.87. The number of carboxylic acid groups (broad SMARTS) is 1. The Morgan fingerprint density at radius 2 is 2.15 bits per heavy atom. The highest BCUT2D eigenvalue weighted by molar-refractivity contribution is 5.80. The summed E-state index contributed by atoms with van der Waals surface area (Å²) in [6, 6.07) is -0.841. The second kappa shape index (κ2) is 8.09. The molecule has 0 spiro atoms. The second-order valence-electron chi connectivity index (χ2n) is 5.45. The summed E-state index contributed by atoms with van der Waals surface area (Å²) in [6.07, 6.45) is 2.17. The van der Waals surface area contributed by atoms with E-state index in [-0.39, 0.29) is 5.92 Å². The number of aliphatic hydroxyl groups is 1. The molecule has 0 radical (unpaired) electrons. The lowest BCUT2D eigenvalue weighted by Gasteiger charge is -2.27. The summed E-state index contributed by atoms with van der Waals surface area (Å²) in [5, 5.41) is 21.1. The third-order valence-electron chi connectivity index (χ3n) is 3.87. The maximum atomic E-state index is 12.0. The molecule has 20 heavy (non-hydrogen) atoms. The number of ether oxygens (including phenoxy) is 1. The fraction of sp³-hybridized carbons (Fsp3) is 0.857. The molecule has 1 saturated heterocycles. The van der Waals surface area contributed by atoms with Gasteiger partial charge in [0.15, 0.2) is 0 Å². The van der Waals surface area contributed by atoms with Gasteiger partial charge in [-0.3, -0.25) is 0 Å². The van der Waals surface area contributed by atoms with Crippen LogP contribution in [0.15, 0.2) is 0 Å². The van der Waals surface area contributed by atoms with Gasteiger partial charge in [-0.2, -0.15) is 0 Å². The van der Waals surface area contributed by atoms with Gasteiger partial charge in [0.25, 0.3) is 0 Å². The molecule has 2 unspecified atom stereocenters. The molecule has 1 fully saturated rings. The van der Waals surface area contributed by atoms with Crippen LogP contribution in [0.4, 0.5) is 4.79 Å². The van der Waals surface area contributed by atoms with Crippen molar-refractivity contribution in [2.45, 2.75) is 70.6 Å². The van der Waals surface area contributed by atoms with Gasteiger partial charge in [-0.05, 0) is 32.6 Å². The van der Waals surface area contributed by atoms with Crippen LogP contribution in [0, 0.1) is 5.92 Å². The van der Waals surface area contributed by atoms with Gasteiger partial charge in [0.2, 0.25) is 0 Å². The molecule has 3 N–H and O–H groups in total. The zero-order chi connectivity index (χ0) is 15.1. The average Bonchev–Trinajstić information content (AvgIpc) is 2.40. The molecule has 0 aromatic heterocycles. The van der Waals surface area contributed by atoms with Crippen molar-refractivity contribution in [1.29, 1.82) is 0 Å². The first-order chi connectivity index (χ1) is 9.45. The Labute approximate surface area is 119 Å². The molecule has 0 bridgehead atoms. The Kier molecular flexibility index (Phi) is 6.78. The molecular weight excluding hydrogens is 262 g/mol. The number of rotatable bonds is 4. The Balaban J connectivity index is 2.73. The highest BCUT2D eigenvalue weighted by Crippen LogP contribution is 2.25. The van der Waals surface area contributed by atoms with Gasteiger partial charge in [-0.15, -0.1) is 0 Å². The number of aliphatic hydroxyl groups excluding tert-OH is 1. The maximum Gasteiger partial charge on any atom is 0.405 e. The molecule has 1 aliphatic heterocycles. The van der Waals surface area contributed by atoms with Crippen molar-refractivity contribution in [3.8, 4) is 0 Å². The van der Waals surface area contributed by atoms with Crippen molar-refractivity contribution in [3.05, 3.63) is 0 Å². The van der Waals surface area contributed by atoms with Gasteiger partial charge in [-0.25, -0.2) is 9.59 Å². The molecule has 116 valence electrons. The predicted octanol–water partition coefficient (Wildman–Crippen LogP) is 1.91. The van der Waals surface area contributed by atoms with Crippen LogP contribution in [-0.2, 0) is 9.53 Å². The van der Waals surface area contributed by atoms with Crippen molar-refractivity contribution in [2.24, 2.45) is 5.92 Å². The van der Waals surface area contributed by atoms with E-state index < -0.39 is 30.3 Å². The van der Waals surface area contributed by atoms with Crippen LogP contribution in [0.5, 0.6) is 0 Å². The summed E-state index contributed by atoms with van der Waals surface area (Å²) in [5.74, 6) is -0.627. The van der Waals surface area contributed by atoms with E-state index in [1.165, 1.54) is 0 Å². The Morgan fingerprint density at radius 3 is 2.75 bits per heavy atom. The molecule has 6 heteroatoms. The fourth-order valence-electron chi connectivity index (χ4n) is 2.68. The first-order valence-corrected chi connectivity index (χ1v) is 7.33. The molecule has 0 saturated carbocycles. The molecule has 0 aliphatic carbocycles. The normalized spacial score (nSPS) is 31.6. The van der Waals surface area contributed by atoms with E-state index in [0.29, 0.717) is 19.3 Å². The standard InChI is InChI=1S/C14H25NO5/c1-3-4-6-10-9(2)20-13(17)11(15-14(18)19)7-5-8-12(10)16/h9-12,15-16H,3-8H2,1-2H3,(H,18,19)/t9?,10?,11-,12-/m0/s1. The third kappa shape index (κ3) is 5.00. The number of esters is 1. The van der Waals surface area contributed by atoms with Crippen LogP contribution < -0.4 is 5.32 Å². The van der Waals surface area contributed by atoms with Gasteiger partial charge < -0.3 is 20.3 Å². The van der Waals surface area contributed by atoms with E-state index in [0.717, 1.165) is 19.3 Å². The number of carbonyl (C=O) groups is 2. The molecule has 1 rings (SSSR count). The Hall–Kier alpha value is -1.30. The maximum absolute atomic E-state index is 12.0. The summed E-state index contributed by atoms with van der Waals surface area (Å²) in [5.41, 5.74) is 0. The Bertz CT molecular complexity index is 334. The molecule has 1 heterocycles. The Morgan fingerprint density at radius 1 is 1.45 bits per heavy atom. The second-order valence-corrected chi connectivity index (χ2v) is 5.45. The first kappa shape index (κ1) is 16.8. The van der Waals surface area contributed by atoms with Gasteiger partial charge in [0.05, 0.1) is 6.10 Å². The van der Waals surface area contributed by atoms with E-state index in [9.17, 15) is 14.7 Å². The monoisotopic (exact) mass is 287 g/mol.